The molecule has 0 spiro atoms. The number of hydrogen-bond donors (Lipinski definition) is 0. The third-order valence-corrected chi connectivity index (χ3v) is 2.76. The molecule has 2 heteroatoms. The zero-order chi connectivity index (χ0) is 9.84. The van der Waals surface area contributed by atoms with E-state index in [1.807, 2.05) is 6.92 Å². The largest absolute Gasteiger partial charge is 0.378 e. The van der Waals surface area contributed by atoms with Gasteiger partial charge in [0.2, 0.25) is 0 Å². The summed E-state index contributed by atoms with van der Waals surface area (Å²) in [6, 6.07) is 0. The first-order valence-electron chi connectivity index (χ1n) is 5.25. The number of rotatable bonds is 4. The van der Waals surface area contributed by atoms with Crippen LogP contribution in [-0.4, -0.2) is 18.5 Å². The van der Waals surface area contributed by atoms with Gasteiger partial charge in [0.15, 0.2) is 0 Å². The molecule has 1 aliphatic rings. The summed E-state index contributed by atoms with van der Waals surface area (Å²) in [7, 11) is 0. The summed E-state index contributed by atoms with van der Waals surface area (Å²) in [6.07, 6.45) is 2.83. The highest BCUT2D eigenvalue weighted by Crippen LogP contribution is 2.23. The summed E-state index contributed by atoms with van der Waals surface area (Å²) in [4.78, 5) is 11.7. The van der Waals surface area contributed by atoms with E-state index in [2.05, 4.69) is 13.8 Å². The number of hydrogen-bond acceptors (Lipinski definition) is 2. The van der Waals surface area contributed by atoms with Gasteiger partial charge in [0.1, 0.15) is 5.78 Å². The summed E-state index contributed by atoms with van der Waals surface area (Å²) >= 11 is 0. The van der Waals surface area contributed by atoms with E-state index in [9.17, 15) is 4.79 Å². The van der Waals surface area contributed by atoms with Gasteiger partial charge in [0, 0.05) is 18.9 Å². The minimum Gasteiger partial charge on any atom is -0.378 e. The molecule has 1 heterocycles. The molecule has 2 unspecified atom stereocenters. The minimum atomic E-state index is 0.152. The molecule has 2 atom stereocenters. The van der Waals surface area contributed by atoms with Crippen LogP contribution in [0.25, 0.3) is 0 Å². The molecule has 76 valence electrons. The topological polar surface area (TPSA) is 26.3 Å². The van der Waals surface area contributed by atoms with E-state index in [0.29, 0.717) is 11.7 Å². The second-order valence-corrected chi connectivity index (χ2v) is 4.37. The second kappa shape index (κ2) is 4.75. The lowest BCUT2D eigenvalue weighted by molar-refractivity contribution is -0.124. The number of carbonyl (C=O) groups excluding carboxylic acids is 1. The summed E-state index contributed by atoms with van der Waals surface area (Å²) in [5, 5.41) is 0. The van der Waals surface area contributed by atoms with Gasteiger partial charge in [-0.1, -0.05) is 13.8 Å². The quantitative estimate of drug-likeness (QED) is 0.670. The molecule has 0 saturated carbocycles. The summed E-state index contributed by atoms with van der Waals surface area (Å²) in [6.45, 7) is 7.08. The Kier molecular flexibility index (Phi) is 3.91. The van der Waals surface area contributed by atoms with Crippen LogP contribution >= 0.6 is 0 Å². The molecule has 2 nitrogen and oxygen atoms in total. The van der Waals surface area contributed by atoms with Gasteiger partial charge in [-0.05, 0) is 25.7 Å². The smallest absolute Gasteiger partial charge is 0.138 e. The predicted molar refractivity (Wildman–Crippen MR) is 52.6 cm³/mol. The van der Waals surface area contributed by atoms with Crippen LogP contribution in [0.15, 0.2) is 0 Å². The average molecular weight is 184 g/mol. The summed E-state index contributed by atoms with van der Waals surface area (Å²) in [5.41, 5.74) is 0. The van der Waals surface area contributed by atoms with Crippen molar-refractivity contribution < 1.29 is 9.53 Å². The van der Waals surface area contributed by atoms with Crippen LogP contribution in [0.3, 0.4) is 0 Å². The molecule has 13 heavy (non-hydrogen) atoms. The molecule has 0 aliphatic carbocycles. The fraction of sp³-hybridized carbons (Fsp3) is 0.909. The van der Waals surface area contributed by atoms with Gasteiger partial charge in [0.05, 0.1) is 6.10 Å². The first kappa shape index (κ1) is 10.7. The minimum absolute atomic E-state index is 0.152. The predicted octanol–water partition coefficient (Wildman–Crippen LogP) is 2.42. The highest BCUT2D eigenvalue weighted by atomic mass is 16.5. The van der Waals surface area contributed by atoms with Crippen LogP contribution in [0.2, 0.25) is 0 Å². The summed E-state index contributed by atoms with van der Waals surface area (Å²) in [5.74, 6) is 1.21. The van der Waals surface area contributed by atoms with Crippen molar-refractivity contribution >= 4 is 5.78 Å². The maximum Gasteiger partial charge on any atom is 0.138 e. The lowest BCUT2D eigenvalue weighted by Crippen LogP contribution is -2.21. The Labute approximate surface area is 80.7 Å². The Morgan fingerprint density at radius 3 is 2.69 bits per heavy atom. The number of Topliss-reactive ketones (excluding diaryl/α,β-unsaturated/α-hetero) is 1. The van der Waals surface area contributed by atoms with Crippen molar-refractivity contribution in [1.29, 1.82) is 0 Å². The molecular formula is C11H20O2. The SMILES string of the molecule is CC(C)CCC(=O)C1CCOC1C. The monoisotopic (exact) mass is 184 g/mol. The lowest BCUT2D eigenvalue weighted by atomic mass is 9.92. The van der Waals surface area contributed by atoms with Crippen LogP contribution in [0.5, 0.6) is 0 Å². The first-order valence-corrected chi connectivity index (χ1v) is 5.25. The van der Waals surface area contributed by atoms with Crippen molar-refractivity contribution in [2.24, 2.45) is 11.8 Å². The van der Waals surface area contributed by atoms with Crippen molar-refractivity contribution in [1.82, 2.24) is 0 Å². The molecule has 0 aromatic carbocycles. The standard InChI is InChI=1S/C11H20O2/c1-8(2)4-5-11(12)10-6-7-13-9(10)3/h8-10H,4-7H2,1-3H3. The average Bonchev–Trinajstić information content (AvgIpc) is 2.47. The van der Waals surface area contributed by atoms with E-state index >= 15 is 0 Å². The first-order chi connectivity index (χ1) is 6.11. The molecular weight excluding hydrogens is 164 g/mol. The van der Waals surface area contributed by atoms with Gasteiger partial charge >= 0.3 is 0 Å². The third kappa shape index (κ3) is 3.11. The van der Waals surface area contributed by atoms with Crippen LogP contribution < -0.4 is 0 Å². The lowest BCUT2D eigenvalue weighted by Gasteiger charge is -2.13. The van der Waals surface area contributed by atoms with E-state index in [0.717, 1.165) is 25.9 Å². The normalized spacial score (nSPS) is 28.3. The fourth-order valence-corrected chi connectivity index (χ4v) is 1.77. The number of ether oxygens (including phenoxy) is 1. The van der Waals surface area contributed by atoms with E-state index in [-0.39, 0.29) is 12.0 Å². The zero-order valence-electron chi connectivity index (χ0n) is 8.88. The second-order valence-electron chi connectivity index (χ2n) is 4.37. The maximum atomic E-state index is 11.7. The van der Waals surface area contributed by atoms with Crippen molar-refractivity contribution in [2.45, 2.75) is 46.1 Å². The zero-order valence-corrected chi connectivity index (χ0v) is 8.88. The van der Waals surface area contributed by atoms with Crippen molar-refractivity contribution in [3.63, 3.8) is 0 Å². The Balaban J connectivity index is 2.30. The molecule has 1 rings (SSSR count). The van der Waals surface area contributed by atoms with Gasteiger partial charge < -0.3 is 4.74 Å². The highest BCUT2D eigenvalue weighted by molar-refractivity contribution is 5.81. The third-order valence-electron chi connectivity index (χ3n) is 2.76. The Morgan fingerprint density at radius 1 is 1.54 bits per heavy atom. The van der Waals surface area contributed by atoms with Crippen LogP contribution in [0.1, 0.15) is 40.0 Å². The highest BCUT2D eigenvalue weighted by Gasteiger charge is 2.29. The van der Waals surface area contributed by atoms with Gasteiger partial charge in [0.25, 0.3) is 0 Å². The van der Waals surface area contributed by atoms with Crippen LogP contribution in [0.4, 0.5) is 0 Å². The molecule has 1 saturated heterocycles. The van der Waals surface area contributed by atoms with Crippen LogP contribution in [0, 0.1) is 11.8 Å². The van der Waals surface area contributed by atoms with Gasteiger partial charge in [-0.15, -0.1) is 0 Å². The van der Waals surface area contributed by atoms with E-state index in [1.165, 1.54) is 0 Å². The van der Waals surface area contributed by atoms with Crippen molar-refractivity contribution in [2.75, 3.05) is 6.61 Å². The van der Waals surface area contributed by atoms with Gasteiger partial charge in [-0.3, -0.25) is 4.79 Å². The number of ketones is 1. The Hall–Kier alpha value is -0.370. The van der Waals surface area contributed by atoms with E-state index in [4.69, 9.17) is 4.74 Å². The molecule has 1 fully saturated rings. The van der Waals surface area contributed by atoms with Gasteiger partial charge in [-0.25, -0.2) is 0 Å². The molecule has 0 amide bonds. The van der Waals surface area contributed by atoms with Crippen molar-refractivity contribution in [3.8, 4) is 0 Å². The molecule has 0 aromatic rings. The molecule has 0 N–H and O–H groups in total. The Morgan fingerprint density at radius 2 is 2.23 bits per heavy atom. The summed E-state index contributed by atoms with van der Waals surface area (Å²) < 4.78 is 5.37. The number of carbonyl (C=O) groups is 1. The molecule has 0 aromatic heterocycles. The fourth-order valence-electron chi connectivity index (χ4n) is 1.77. The Bertz CT molecular complexity index is 175. The maximum absolute atomic E-state index is 11.7. The van der Waals surface area contributed by atoms with Gasteiger partial charge in [-0.2, -0.15) is 0 Å². The molecule has 1 aliphatic heterocycles. The van der Waals surface area contributed by atoms with Crippen molar-refractivity contribution in [3.05, 3.63) is 0 Å². The van der Waals surface area contributed by atoms with Crippen LogP contribution in [-0.2, 0) is 9.53 Å². The van der Waals surface area contributed by atoms with E-state index < -0.39 is 0 Å². The van der Waals surface area contributed by atoms with E-state index in [1.54, 1.807) is 0 Å². The molecule has 0 bridgehead atoms. The molecule has 0 radical (unpaired) electrons.